The van der Waals surface area contributed by atoms with E-state index in [0.717, 1.165) is 0 Å². The maximum atomic E-state index is 11.0. The second-order valence-corrected chi connectivity index (χ2v) is 2.05. The molecule has 2 aromatic rings. The Morgan fingerprint density at radius 3 is 2.85 bits per heavy atom. The molecule has 2 aromatic heterocycles. The van der Waals surface area contributed by atoms with Gasteiger partial charge in [0.05, 0.1) is 6.33 Å². The minimum atomic E-state index is -0.301. The number of aromatic nitrogens is 4. The third-order valence-corrected chi connectivity index (χ3v) is 1.31. The monoisotopic (exact) mass is 191 g/mol. The number of nitrogens with one attached hydrogen (secondary N) is 2. The molecule has 64 valence electrons. The number of imidazole rings is 1. The van der Waals surface area contributed by atoms with Gasteiger partial charge in [0.15, 0.2) is 11.2 Å². The number of nitrogens with zero attached hydrogens (tertiary/aromatic N) is 2. The normalized spacial score (nSPS) is 8.92. The first-order valence-corrected chi connectivity index (χ1v) is 2.96. The molecular weight excluding hydrogens is 185 g/mol. The molecule has 0 amide bonds. The van der Waals surface area contributed by atoms with Crippen molar-refractivity contribution in [3.8, 4) is 0 Å². The summed E-state index contributed by atoms with van der Waals surface area (Å²) in [5.41, 5.74) is 5.65. The predicted octanol–water partition coefficient (Wildman–Crippen LogP) is -3.94. The number of hydrogen-bond acceptors (Lipinski definition) is 5. The molecule has 0 spiro atoms. The van der Waals surface area contributed by atoms with Crippen molar-refractivity contribution in [3.05, 3.63) is 16.7 Å². The molecule has 0 saturated carbocycles. The van der Waals surface area contributed by atoms with Crippen LogP contribution >= 0.6 is 0 Å². The molecule has 0 aliphatic carbocycles. The number of anilines is 1. The Bertz CT molecular complexity index is 449. The Morgan fingerprint density at radius 1 is 1.46 bits per heavy atom. The van der Waals surface area contributed by atoms with Crippen LogP contribution in [-0.4, -0.2) is 25.4 Å². The van der Waals surface area contributed by atoms with Crippen LogP contribution in [0.25, 0.3) is 11.2 Å². The molecule has 2 heterocycles. The predicted molar refractivity (Wildman–Crippen MR) is 40.9 cm³/mol. The van der Waals surface area contributed by atoms with Crippen molar-refractivity contribution >= 4 is 17.1 Å². The zero-order valence-electron chi connectivity index (χ0n) is 6.90. The number of nitrogens with two attached hydrogens (primary N) is 1. The molecule has 0 aliphatic rings. The van der Waals surface area contributed by atoms with E-state index in [9.17, 15) is 4.79 Å². The third kappa shape index (κ3) is 2.07. The van der Waals surface area contributed by atoms with Crippen LogP contribution in [-0.2, 0) is 0 Å². The van der Waals surface area contributed by atoms with Gasteiger partial charge in [-0.1, -0.05) is 0 Å². The van der Waals surface area contributed by atoms with E-state index in [0.29, 0.717) is 11.2 Å². The third-order valence-electron chi connectivity index (χ3n) is 1.31. The number of fused-ring (bicyclic) bond motifs is 1. The van der Waals surface area contributed by atoms with Crippen LogP contribution in [0.1, 0.15) is 0 Å². The van der Waals surface area contributed by atoms with E-state index in [4.69, 9.17) is 5.73 Å². The van der Waals surface area contributed by atoms with Crippen molar-refractivity contribution in [2.75, 3.05) is 5.73 Å². The van der Waals surface area contributed by atoms with Gasteiger partial charge in [0.1, 0.15) is 0 Å². The fraction of sp³-hybridized carbons (Fsp3) is 0. The molecule has 7 nitrogen and oxygen atoms in total. The van der Waals surface area contributed by atoms with Crippen LogP contribution in [0, 0.1) is 0 Å². The Balaban J connectivity index is 0.000000720. The van der Waals surface area contributed by atoms with Gasteiger partial charge in [-0.05, 0) is 0 Å². The van der Waals surface area contributed by atoms with Gasteiger partial charge < -0.3 is 16.2 Å². The van der Waals surface area contributed by atoms with Gasteiger partial charge in [-0.15, -0.1) is 0 Å². The van der Waals surface area contributed by atoms with Gasteiger partial charge in [0.2, 0.25) is 5.95 Å². The first-order chi connectivity index (χ1) is 5.27. The van der Waals surface area contributed by atoms with Crippen LogP contribution in [0.2, 0.25) is 0 Å². The van der Waals surface area contributed by atoms with E-state index >= 15 is 0 Å². The van der Waals surface area contributed by atoms with Crippen LogP contribution in [0.3, 0.4) is 0 Å². The van der Waals surface area contributed by atoms with E-state index in [-0.39, 0.29) is 46.5 Å². The molecule has 8 heteroatoms. The summed E-state index contributed by atoms with van der Waals surface area (Å²) in [6.45, 7) is 0. The van der Waals surface area contributed by atoms with Gasteiger partial charge in [-0.3, -0.25) is 9.78 Å². The minimum Gasteiger partial charge on any atom is -0.870 e. The molecule has 2 rings (SSSR count). The fourth-order valence-corrected chi connectivity index (χ4v) is 0.860. The van der Waals surface area contributed by atoms with E-state index in [2.05, 4.69) is 19.9 Å². The van der Waals surface area contributed by atoms with Gasteiger partial charge >= 0.3 is 29.6 Å². The molecule has 0 bridgehead atoms. The summed E-state index contributed by atoms with van der Waals surface area (Å²) >= 11 is 0. The van der Waals surface area contributed by atoms with Gasteiger partial charge in [0.25, 0.3) is 5.56 Å². The van der Waals surface area contributed by atoms with Crippen molar-refractivity contribution in [1.82, 2.24) is 19.9 Å². The number of rotatable bonds is 0. The van der Waals surface area contributed by atoms with E-state index in [1.54, 1.807) is 0 Å². The quantitative estimate of drug-likeness (QED) is 0.366. The number of nitrogen functional groups attached to an aromatic ring is 1. The first kappa shape index (κ1) is 12.1. The van der Waals surface area contributed by atoms with E-state index in [1.807, 2.05) is 0 Å². The molecule has 13 heavy (non-hydrogen) atoms. The minimum absolute atomic E-state index is 0. The second-order valence-electron chi connectivity index (χ2n) is 2.05. The Labute approximate surface area is 94.4 Å². The Hall–Kier alpha value is -0.890. The SMILES string of the molecule is Nc1nc2nc[nH]c2c(=O)[nH]1.[Na+].[OH-]. The van der Waals surface area contributed by atoms with Crippen molar-refractivity contribution in [2.45, 2.75) is 0 Å². The topological polar surface area (TPSA) is 130 Å². The molecule has 0 unspecified atom stereocenters. The second kappa shape index (κ2) is 4.38. The standard InChI is InChI=1S/C5H5N5O.Na.H2O/c6-5-9-3-2(4(11)10-5)7-1-8-3;;/h1H,(H4,6,7,8,9,10,11);;1H2/q;+1;/p-1. The van der Waals surface area contributed by atoms with Crippen molar-refractivity contribution in [2.24, 2.45) is 0 Å². The Morgan fingerprint density at radius 2 is 2.15 bits per heavy atom. The molecule has 0 radical (unpaired) electrons. The summed E-state index contributed by atoms with van der Waals surface area (Å²) in [4.78, 5) is 23.5. The molecule has 0 aliphatic heterocycles. The first-order valence-electron chi connectivity index (χ1n) is 2.96. The fourth-order valence-electron chi connectivity index (χ4n) is 0.860. The zero-order chi connectivity index (χ0) is 7.84. The number of H-pyrrole nitrogens is 2. The summed E-state index contributed by atoms with van der Waals surface area (Å²) in [7, 11) is 0. The van der Waals surface area contributed by atoms with Crippen molar-refractivity contribution in [3.63, 3.8) is 0 Å². The van der Waals surface area contributed by atoms with Gasteiger partial charge in [-0.2, -0.15) is 4.98 Å². The maximum Gasteiger partial charge on any atom is 1.00 e. The van der Waals surface area contributed by atoms with Crippen molar-refractivity contribution < 1.29 is 35.0 Å². The number of aromatic amines is 2. The molecule has 0 atom stereocenters. The van der Waals surface area contributed by atoms with Crippen LogP contribution in [0.5, 0.6) is 0 Å². The summed E-state index contributed by atoms with van der Waals surface area (Å²) in [5, 5.41) is 0. The van der Waals surface area contributed by atoms with Crippen molar-refractivity contribution in [1.29, 1.82) is 0 Å². The van der Waals surface area contributed by atoms with Gasteiger partial charge in [0, 0.05) is 0 Å². The average Bonchev–Trinajstić information content (AvgIpc) is 2.34. The summed E-state index contributed by atoms with van der Waals surface area (Å²) in [5.74, 6) is 0.0783. The van der Waals surface area contributed by atoms with Crippen LogP contribution in [0.4, 0.5) is 5.95 Å². The summed E-state index contributed by atoms with van der Waals surface area (Å²) in [6.07, 6.45) is 1.40. The van der Waals surface area contributed by atoms with E-state index < -0.39 is 0 Å². The molecule has 0 aromatic carbocycles. The number of hydrogen-bond donors (Lipinski definition) is 3. The molecule has 5 N–H and O–H groups in total. The summed E-state index contributed by atoms with van der Waals surface area (Å²) < 4.78 is 0. The van der Waals surface area contributed by atoms with Gasteiger partial charge in [-0.25, -0.2) is 4.98 Å². The molecular formula is C5H6N5NaO2. The average molecular weight is 191 g/mol. The maximum absolute atomic E-state index is 11.0. The van der Waals surface area contributed by atoms with Crippen LogP contribution in [0.15, 0.2) is 11.1 Å². The molecule has 0 fully saturated rings. The zero-order valence-corrected chi connectivity index (χ0v) is 8.90. The molecule has 0 saturated heterocycles. The smallest absolute Gasteiger partial charge is 0.870 e. The summed E-state index contributed by atoms with van der Waals surface area (Å²) in [6, 6.07) is 0. The largest absolute Gasteiger partial charge is 1.00 e. The van der Waals surface area contributed by atoms with Crippen LogP contribution < -0.4 is 40.9 Å². The Kier molecular flexibility index (Phi) is 4.08. The van der Waals surface area contributed by atoms with E-state index in [1.165, 1.54) is 6.33 Å².